The van der Waals surface area contributed by atoms with Crippen LogP contribution in [0.15, 0.2) is 0 Å². The monoisotopic (exact) mass is 1600 g/mol. The van der Waals surface area contributed by atoms with Gasteiger partial charge in [-0.2, -0.15) is 35.1 Å². The molecule has 0 aromatic rings. The standard InChI is InChI=1S/C13H22F2O7S.C11H18F2O6S.C10H16F2O5S.C9H14F2O5S.5C4H10O/c1-6(13(14,15)23(19,20)21)22-10(16)7-8(11(2,3)17)9(7)12(4,5)18;1-6(11(12,13)20(16,17)18)19-9(14)7-4-5-8(7)10(2,3)15;1-7(10(11,12)18(14,15)16)17-9(13)8-5-3-2-4-6-8;1-6(9(10,11)17(13,14)15)16-8(12)7-4-2-3-5-7;5*1-4(2,3)5/h6-9,17-18H,1-5H3,(H,19,20,21);6-8,15H,4-5H2,1-3H3,(H,16,17,18);7-8H,2-6H2,1H3,(H,14,15,16);6-7H,2-5H2,1H3,(H,13,14,15);5*5H,1-3H3/p-4. The third-order valence-corrected chi connectivity index (χ3v) is 17.4. The lowest BCUT2D eigenvalue weighted by Gasteiger charge is -2.42. The molecular weight excluding hydrogens is 1480 g/mol. The lowest BCUT2D eigenvalue weighted by Crippen LogP contribution is -2.49. The second kappa shape index (κ2) is 40.4. The van der Waals surface area contributed by atoms with Crippen LogP contribution in [0, 0.1) is 41.4 Å². The molecule has 8 unspecified atom stereocenters. The number of carbonyl (C=O) groups is 4. The highest BCUT2D eigenvalue weighted by Crippen LogP contribution is 2.58. The van der Waals surface area contributed by atoms with Crippen molar-refractivity contribution in [1.29, 1.82) is 0 Å². The first-order chi connectivity index (χ1) is 44.5. The van der Waals surface area contributed by atoms with E-state index in [1.54, 1.807) is 104 Å². The number of esters is 4. The highest BCUT2D eigenvalue weighted by Gasteiger charge is 2.67. The van der Waals surface area contributed by atoms with Gasteiger partial charge in [-0.05, 0) is 212 Å². The van der Waals surface area contributed by atoms with E-state index in [2.05, 4.69) is 18.9 Å². The van der Waals surface area contributed by atoms with Gasteiger partial charge in [0, 0.05) is 17.8 Å². The van der Waals surface area contributed by atoms with Crippen molar-refractivity contribution in [3.05, 3.63) is 0 Å². The number of halogens is 8. The van der Waals surface area contributed by atoms with E-state index in [1.807, 2.05) is 0 Å². The minimum absolute atomic E-state index is 0.357. The molecule has 4 rings (SSSR count). The van der Waals surface area contributed by atoms with Crippen molar-refractivity contribution in [3.8, 4) is 0 Å². The molecule has 8 atom stereocenters. The maximum Gasteiger partial charge on any atom is 0.369 e. The first-order valence-electron chi connectivity index (χ1n) is 32.5. The van der Waals surface area contributed by atoms with Crippen LogP contribution in [0.1, 0.15) is 244 Å². The van der Waals surface area contributed by atoms with E-state index in [1.165, 1.54) is 41.5 Å². The molecule has 620 valence electrons. The molecule has 0 saturated heterocycles. The first-order valence-corrected chi connectivity index (χ1v) is 38.1. The quantitative estimate of drug-likeness (QED) is 0.0262. The molecule has 4 fully saturated rings. The molecule has 103 heavy (non-hydrogen) atoms. The maximum atomic E-state index is 13.4. The van der Waals surface area contributed by atoms with Crippen LogP contribution in [-0.2, 0) is 78.6 Å². The Morgan fingerprint density at radius 1 is 0.320 bits per heavy atom. The van der Waals surface area contributed by atoms with E-state index in [4.69, 9.17) is 25.5 Å². The van der Waals surface area contributed by atoms with Crippen molar-refractivity contribution in [2.24, 2.45) is 41.4 Å². The average Bonchev–Trinajstić information content (AvgIpc) is 1.56. The van der Waals surface area contributed by atoms with E-state index in [0.717, 1.165) is 32.1 Å². The van der Waals surface area contributed by atoms with E-state index in [0.29, 0.717) is 66.2 Å². The highest BCUT2D eigenvalue weighted by molar-refractivity contribution is 7.87. The summed E-state index contributed by atoms with van der Waals surface area (Å²) in [6.07, 6.45) is -2.11. The SMILES string of the molecule is CC(C)(C)O.CC(C)(C)O.CC(C)(C)O.CC(C)(C)O.CC(C)(C)O.CC(OC(=O)C1C(C(C)(C)O)C1C(C)(C)O)C(F)(F)S(=O)(=O)[O-].CC(OC(=O)C1CCC1C(C)(C)O)C(F)(F)S(=O)(=O)[O-].CC(OC(=O)C1CCCC1)C(F)(F)S(=O)(=O)[O-].CC(OC(=O)C1CCCCC1)C(F)(F)S(=O)(=O)[O-]. The van der Waals surface area contributed by atoms with E-state index in [9.17, 15) is 122 Å². The fraction of sp³-hybridized carbons (Fsp3) is 0.937. The average molecular weight is 1600 g/mol. The summed E-state index contributed by atoms with van der Waals surface area (Å²) in [5.41, 5.74) is -6.44. The molecule has 40 heteroatoms. The van der Waals surface area contributed by atoms with E-state index >= 15 is 0 Å². The fourth-order valence-electron chi connectivity index (χ4n) is 8.63. The van der Waals surface area contributed by atoms with Gasteiger partial charge in [-0.15, -0.1) is 0 Å². The van der Waals surface area contributed by atoms with Crippen molar-refractivity contribution >= 4 is 64.3 Å². The lowest BCUT2D eigenvalue weighted by molar-refractivity contribution is -0.177. The van der Waals surface area contributed by atoms with Gasteiger partial charge >= 0.3 is 44.9 Å². The van der Waals surface area contributed by atoms with Gasteiger partial charge in [-0.3, -0.25) is 19.2 Å². The second-order valence-electron chi connectivity index (χ2n) is 31.9. The number of hydrogen-bond acceptors (Lipinski definition) is 28. The Labute approximate surface area is 603 Å². The largest absolute Gasteiger partial charge is 0.743 e. The molecule has 0 amide bonds. The van der Waals surface area contributed by atoms with Crippen LogP contribution >= 0.6 is 0 Å². The van der Waals surface area contributed by atoms with Gasteiger partial charge in [0.25, 0.3) is 0 Å². The second-order valence-corrected chi connectivity index (χ2v) is 37.7. The van der Waals surface area contributed by atoms with E-state index < -0.39 is 196 Å². The Morgan fingerprint density at radius 2 is 0.505 bits per heavy atom. The van der Waals surface area contributed by atoms with Gasteiger partial charge in [0.1, 0.15) is 0 Å². The molecule has 0 aromatic carbocycles. The molecule has 0 aliphatic heterocycles. The minimum atomic E-state index is -6.00. The van der Waals surface area contributed by atoms with Crippen molar-refractivity contribution in [3.63, 3.8) is 0 Å². The maximum absolute atomic E-state index is 13.4. The Balaban J connectivity index is -0.000000373. The third kappa shape index (κ3) is 46.6. The van der Waals surface area contributed by atoms with E-state index in [-0.39, 0.29) is 0 Å². The number of hydrogen-bond donors (Lipinski definition) is 8. The summed E-state index contributed by atoms with van der Waals surface area (Å²) in [6.45, 7) is 37.3. The van der Waals surface area contributed by atoms with Gasteiger partial charge in [0.05, 0.1) is 68.5 Å². The van der Waals surface area contributed by atoms with Crippen LogP contribution in [0.2, 0.25) is 0 Å². The molecule has 0 bridgehead atoms. The molecule has 0 heterocycles. The zero-order valence-corrected chi connectivity index (χ0v) is 66.8. The van der Waals surface area contributed by atoms with Crippen LogP contribution in [-0.4, -0.2) is 207 Å². The fourth-order valence-corrected chi connectivity index (χ4v) is 10.5. The summed E-state index contributed by atoms with van der Waals surface area (Å²) in [7, 11) is -23.6. The Hall–Kier alpha value is -3.36. The molecule has 4 aliphatic rings. The van der Waals surface area contributed by atoms with Crippen LogP contribution in [0.3, 0.4) is 0 Å². The van der Waals surface area contributed by atoms with Gasteiger partial charge < -0.3 is 78.0 Å². The van der Waals surface area contributed by atoms with Crippen molar-refractivity contribution in [2.75, 3.05) is 0 Å². The summed E-state index contributed by atoms with van der Waals surface area (Å²) in [5, 5.41) is 53.8. The Bertz CT molecular complexity index is 2930. The summed E-state index contributed by atoms with van der Waals surface area (Å²) in [4.78, 5) is 46.6. The number of rotatable bonds is 19. The Kier molecular flexibility index (Phi) is 42.4. The van der Waals surface area contributed by atoms with Crippen LogP contribution in [0.25, 0.3) is 0 Å². The zero-order chi connectivity index (χ0) is 84.3. The number of aliphatic hydroxyl groups is 8. The summed E-state index contributed by atoms with van der Waals surface area (Å²) < 4.78 is 248. The molecule has 4 aliphatic carbocycles. The van der Waals surface area contributed by atoms with Crippen molar-refractivity contribution in [2.45, 2.75) is 334 Å². The summed E-state index contributed by atoms with van der Waals surface area (Å²) in [5.74, 6) is -8.69. The third-order valence-electron chi connectivity index (χ3n) is 13.4. The zero-order valence-electron chi connectivity index (χ0n) is 63.5. The smallest absolute Gasteiger partial charge is 0.369 e. The van der Waals surface area contributed by atoms with Crippen LogP contribution in [0.5, 0.6) is 0 Å². The van der Waals surface area contributed by atoms with Crippen LogP contribution < -0.4 is 0 Å². The number of ether oxygens (including phenoxy) is 4. The lowest BCUT2D eigenvalue weighted by atomic mass is 9.66. The number of carbonyl (C=O) groups excluding carboxylic acids is 4. The molecule has 0 radical (unpaired) electrons. The topological polar surface area (TPSA) is 496 Å². The van der Waals surface area contributed by atoms with Crippen LogP contribution in [0.4, 0.5) is 35.1 Å². The molecule has 4 saturated carbocycles. The molecule has 0 aromatic heterocycles. The van der Waals surface area contributed by atoms with Crippen molar-refractivity contribution in [1.82, 2.24) is 0 Å². The predicted molar refractivity (Wildman–Crippen MR) is 355 cm³/mol. The minimum Gasteiger partial charge on any atom is -0.743 e. The molecular formula is C63H116F8O28S4-4. The Morgan fingerprint density at radius 3 is 0.670 bits per heavy atom. The van der Waals surface area contributed by atoms with Gasteiger partial charge in [-0.25, -0.2) is 33.7 Å². The molecule has 28 nitrogen and oxygen atoms in total. The normalized spacial score (nSPS) is 21.0. The molecule has 0 spiro atoms. The van der Waals surface area contributed by atoms with Crippen molar-refractivity contribution < 1.29 is 166 Å². The predicted octanol–water partition coefficient (Wildman–Crippen LogP) is 8.08. The highest BCUT2D eigenvalue weighted by atomic mass is 32.2. The van der Waals surface area contributed by atoms with Gasteiger partial charge in [-0.1, -0.05) is 32.1 Å². The summed E-state index contributed by atoms with van der Waals surface area (Å²) >= 11 is 0. The van der Waals surface area contributed by atoms with Gasteiger partial charge in [0.15, 0.2) is 64.9 Å². The first kappa shape index (κ1) is 108. The van der Waals surface area contributed by atoms with Gasteiger partial charge in [0.2, 0.25) is 0 Å². The summed E-state index contributed by atoms with van der Waals surface area (Å²) in [6, 6.07) is 0. The molecule has 8 N–H and O–H groups in total. The number of alkyl halides is 8.